The van der Waals surface area contributed by atoms with Gasteiger partial charge in [0.25, 0.3) is 0 Å². The highest BCUT2D eigenvalue weighted by Crippen LogP contribution is 2.48. The van der Waals surface area contributed by atoms with Crippen LogP contribution < -0.4 is 21.1 Å². The summed E-state index contributed by atoms with van der Waals surface area (Å²) in [6.45, 7) is 5.18. The minimum absolute atomic E-state index is 0.124. The maximum atomic E-state index is 15.5. The summed E-state index contributed by atoms with van der Waals surface area (Å²) in [7, 11) is -4.23. The topological polar surface area (TPSA) is 265 Å². The molecule has 1 unspecified atom stereocenters. The van der Waals surface area contributed by atoms with Crippen molar-refractivity contribution in [3.05, 3.63) is 78.6 Å². The number of carbonyl (C=O) groups excluding carboxylic acids is 1. The van der Waals surface area contributed by atoms with E-state index in [0.717, 1.165) is 0 Å². The highest BCUT2D eigenvalue weighted by molar-refractivity contribution is 7.52. The third-order valence-electron chi connectivity index (χ3n) is 9.74. The second kappa shape index (κ2) is 16.5. The molecular weight excluding hydrogens is 775 g/mol. The first kappa shape index (κ1) is 41.8. The lowest BCUT2D eigenvalue weighted by molar-refractivity contribution is -0.144. The van der Waals surface area contributed by atoms with E-state index in [9.17, 15) is 24.0 Å². The van der Waals surface area contributed by atoms with Crippen LogP contribution in [0.2, 0.25) is 0 Å². The molecule has 10 atom stereocenters. The van der Waals surface area contributed by atoms with Crippen LogP contribution >= 0.6 is 7.75 Å². The normalized spacial score (nSPS) is 28.8. The van der Waals surface area contributed by atoms with Crippen molar-refractivity contribution >= 4 is 36.4 Å². The van der Waals surface area contributed by atoms with Gasteiger partial charge in [0.15, 0.2) is 24.0 Å². The zero-order valence-corrected chi connectivity index (χ0v) is 32.1. The smallest absolute Gasteiger partial charge is 0.459 e. The second-order valence-electron chi connectivity index (χ2n) is 13.6. The minimum atomic E-state index is -4.23. The van der Waals surface area contributed by atoms with Crippen molar-refractivity contribution in [3.63, 3.8) is 0 Å². The number of para-hydroxylation sites is 1. The molecule has 7 rings (SSSR count). The number of alkyl halides is 2. The molecule has 5 aromatic rings. The predicted molar refractivity (Wildman–Crippen MR) is 198 cm³/mol. The fraction of sp³-hybridized carbons (Fsp3) is 0.457. The molecule has 2 aliphatic rings. The Hall–Kier alpha value is -4.86. The number of nitrogens with zero attached hydrogens (tertiary/aromatic N) is 6. The molecule has 1 aromatic carbocycles. The van der Waals surface area contributed by atoms with E-state index in [2.05, 4.69) is 25.3 Å². The number of esters is 1. The third kappa shape index (κ3) is 8.01. The molecule has 0 radical (unpaired) electrons. The number of ether oxygens (including phenoxy) is 3. The van der Waals surface area contributed by atoms with E-state index in [0.29, 0.717) is 22.4 Å². The number of aromatic nitrogens is 6. The molecule has 0 saturated carbocycles. The lowest BCUT2D eigenvalue weighted by Gasteiger charge is -2.27. The summed E-state index contributed by atoms with van der Waals surface area (Å²) in [6.07, 6.45) is -6.33. The summed E-state index contributed by atoms with van der Waals surface area (Å²) in [5.41, 5.74) is 10.2. The van der Waals surface area contributed by atoms with Crippen LogP contribution in [0.5, 0.6) is 5.75 Å². The Kier molecular flexibility index (Phi) is 12.1. The number of fused-ring (bicyclic) bond motifs is 2. The predicted octanol–water partition coefficient (Wildman–Crippen LogP) is 1.99. The van der Waals surface area contributed by atoms with E-state index in [1.54, 1.807) is 61.5 Å². The first-order valence-electron chi connectivity index (χ1n) is 17.8. The standard InChI is InChI=1S/C23H29FN5O7P.C12H15FN4O3/c1-4-33-22(31)14(2)28-37(32,36-15-8-6-5-7-9-15)34-12-17-19(30)20(24)23(3,35-17)18-11-10-16-21(25)26-13-27-29(16)18;1-12(10(13)9(19)7(4-18)20-12)8-3-2-6-11(14)15-5-16-17(6)8/h5-11,13-14,17,19-20,30H,4,12H2,1-3H3,(H,28,32)(H2,25,26,27);2-3,5,7,9-10,18-19H,4H2,1H3,(H2,14,15,16)/t14-,17+,19+,20+,23-,37?;7-,9-,10-,12+/m01/s1. The zero-order valence-electron chi connectivity index (χ0n) is 31.3. The van der Waals surface area contributed by atoms with Crippen LogP contribution in [0.15, 0.2) is 67.3 Å². The number of benzene rings is 1. The summed E-state index contributed by atoms with van der Waals surface area (Å²) in [5.74, 6) is -0.00711. The number of nitrogen functional groups attached to an aromatic ring is 2. The first-order chi connectivity index (χ1) is 27.1. The number of carbonyl (C=O) groups is 1. The molecule has 4 aromatic heterocycles. The largest absolute Gasteiger partial charge is 0.465 e. The summed E-state index contributed by atoms with van der Waals surface area (Å²) in [4.78, 5) is 19.9. The number of hydrogen-bond donors (Lipinski definition) is 6. The number of rotatable bonds is 12. The maximum Gasteiger partial charge on any atom is 0.459 e. The van der Waals surface area contributed by atoms with Gasteiger partial charge >= 0.3 is 13.7 Å². The number of hydrogen-bond acceptors (Lipinski definition) is 16. The summed E-state index contributed by atoms with van der Waals surface area (Å²) in [5, 5.41) is 40.3. The molecule has 19 nitrogen and oxygen atoms in total. The van der Waals surface area contributed by atoms with Crippen molar-refractivity contribution in [3.8, 4) is 5.75 Å². The van der Waals surface area contributed by atoms with Gasteiger partial charge in [-0.2, -0.15) is 15.3 Å². The van der Waals surface area contributed by atoms with E-state index < -0.39 is 80.9 Å². The summed E-state index contributed by atoms with van der Waals surface area (Å²) >= 11 is 0. The Morgan fingerprint density at radius 3 is 1.91 bits per heavy atom. The van der Waals surface area contributed by atoms with E-state index in [-0.39, 0.29) is 24.0 Å². The van der Waals surface area contributed by atoms with Crippen LogP contribution in [0, 0.1) is 0 Å². The SMILES string of the molecule is CCOC(=O)[C@H](C)NP(=O)(OC[C@H]1O[C@@](C)(c2ccc3c(N)ncnn23)[C@H](F)[C@@H]1O)Oc1ccccc1.C[C@@]1(c2ccc3c(N)ncnn23)O[C@H](CO)[C@@H](O)[C@H]1F. The van der Waals surface area contributed by atoms with E-state index in [1.807, 2.05) is 0 Å². The van der Waals surface area contributed by atoms with E-state index >= 15 is 4.39 Å². The third-order valence-corrected chi connectivity index (χ3v) is 11.4. The van der Waals surface area contributed by atoms with E-state index in [4.69, 9.17) is 39.8 Å². The van der Waals surface area contributed by atoms with Gasteiger partial charge in [-0.15, -0.1) is 0 Å². The number of aliphatic hydroxyl groups is 3. The number of nitrogens with one attached hydrogen (secondary N) is 1. The average Bonchev–Trinajstić information content (AvgIpc) is 3.94. The van der Waals surface area contributed by atoms with Gasteiger partial charge in [-0.25, -0.2) is 32.3 Å². The van der Waals surface area contributed by atoms with Crippen LogP contribution in [-0.4, -0.2) is 113 Å². The maximum absolute atomic E-state index is 15.5. The van der Waals surface area contributed by atoms with Gasteiger partial charge in [-0.3, -0.25) is 9.32 Å². The van der Waals surface area contributed by atoms with Crippen molar-refractivity contribution in [2.24, 2.45) is 0 Å². The molecule has 0 aliphatic carbocycles. The molecular formula is C35H44F2N9O10P. The van der Waals surface area contributed by atoms with E-state index in [1.165, 1.54) is 42.5 Å². The molecule has 2 fully saturated rings. The van der Waals surface area contributed by atoms with Gasteiger partial charge < -0.3 is 45.5 Å². The highest BCUT2D eigenvalue weighted by atomic mass is 31.2. The second-order valence-corrected chi connectivity index (χ2v) is 15.3. The first-order valence-corrected chi connectivity index (χ1v) is 19.3. The fourth-order valence-electron chi connectivity index (χ4n) is 6.70. The quantitative estimate of drug-likeness (QED) is 0.0776. The number of nitrogens with two attached hydrogens (primary N) is 2. The molecule has 0 bridgehead atoms. The van der Waals surface area contributed by atoms with Gasteiger partial charge in [0.1, 0.15) is 71.1 Å². The lowest BCUT2D eigenvalue weighted by atomic mass is 9.94. The van der Waals surface area contributed by atoms with Crippen LogP contribution in [0.3, 0.4) is 0 Å². The Bertz CT molecular complexity index is 2240. The van der Waals surface area contributed by atoms with Gasteiger partial charge in [0.05, 0.1) is 31.2 Å². The van der Waals surface area contributed by atoms with Crippen LogP contribution in [0.25, 0.3) is 11.0 Å². The highest BCUT2D eigenvalue weighted by Gasteiger charge is 2.56. The van der Waals surface area contributed by atoms with Gasteiger partial charge in [0.2, 0.25) is 0 Å². The zero-order chi connectivity index (χ0) is 41.3. The minimum Gasteiger partial charge on any atom is -0.465 e. The molecule has 2 aliphatic heterocycles. The molecule has 22 heteroatoms. The number of halogens is 2. The van der Waals surface area contributed by atoms with Crippen LogP contribution in [-0.2, 0) is 39.3 Å². The average molecular weight is 820 g/mol. The monoisotopic (exact) mass is 819 g/mol. The van der Waals surface area contributed by atoms with Crippen molar-refractivity contribution in [1.82, 2.24) is 34.3 Å². The molecule has 2 saturated heterocycles. The molecule has 6 heterocycles. The molecule has 308 valence electrons. The Balaban J connectivity index is 0.000000230. The molecule has 8 N–H and O–H groups in total. The molecule has 57 heavy (non-hydrogen) atoms. The lowest BCUT2D eigenvalue weighted by Crippen LogP contribution is -2.37. The Morgan fingerprint density at radius 2 is 1.42 bits per heavy atom. The van der Waals surface area contributed by atoms with Crippen LogP contribution in [0.1, 0.15) is 39.1 Å². The summed E-state index contributed by atoms with van der Waals surface area (Å²) < 4.78 is 73.9. The van der Waals surface area contributed by atoms with Crippen molar-refractivity contribution in [2.45, 2.75) is 81.7 Å². The Morgan fingerprint density at radius 1 is 0.912 bits per heavy atom. The Labute approximate surface area is 324 Å². The molecule has 0 spiro atoms. The van der Waals surface area contributed by atoms with Crippen molar-refractivity contribution in [2.75, 3.05) is 31.3 Å². The fourth-order valence-corrected chi connectivity index (χ4v) is 8.21. The van der Waals surface area contributed by atoms with Gasteiger partial charge in [-0.05, 0) is 64.1 Å². The summed E-state index contributed by atoms with van der Waals surface area (Å²) in [6, 6.07) is 13.6. The molecule has 0 amide bonds. The number of aliphatic hydroxyl groups excluding tert-OH is 3. The van der Waals surface area contributed by atoms with Gasteiger partial charge in [0, 0.05) is 0 Å². The van der Waals surface area contributed by atoms with Crippen molar-refractivity contribution < 1.29 is 56.7 Å². The number of anilines is 2. The van der Waals surface area contributed by atoms with Crippen LogP contribution in [0.4, 0.5) is 20.4 Å². The van der Waals surface area contributed by atoms with Crippen molar-refractivity contribution in [1.29, 1.82) is 0 Å². The van der Waals surface area contributed by atoms with Gasteiger partial charge in [-0.1, -0.05) is 18.2 Å².